The Labute approximate surface area is 314 Å². The summed E-state index contributed by atoms with van der Waals surface area (Å²) >= 11 is 0. The Morgan fingerprint density at radius 3 is 2.06 bits per heavy atom. The summed E-state index contributed by atoms with van der Waals surface area (Å²) in [5.41, 5.74) is 19.6. The van der Waals surface area contributed by atoms with Crippen molar-refractivity contribution in [3.8, 4) is 11.1 Å². The molecule has 1 spiro atoms. The third-order valence-electron chi connectivity index (χ3n) is 12.0. The largest absolute Gasteiger partial charge is 0.334 e. The number of fused-ring (bicyclic) bond motifs is 9. The van der Waals surface area contributed by atoms with Crippen molar-refractivity contribution < 1.29 is 0 Å². The fourth-order valence-electron chi connectivity index (χ4n) is 9.81. The molecule has 0 bridgehead atoms. The second-order valence-corrected chi connectivity index (χ2v) is 15.2. The van der Waals surface area contributed by atoms with E-state index in [1.165, 1.54) is 84.1 Å². The molecule has 0 fully saturated rings. The van der Waals surface area contributed by atoms with E-state index in [9.17, 15) is 0 Å². The van der Waals surface area contributed by atoms with Gasteiger partial charge in [-0.3, -0.25) is 0 Å². The number of benzene rings is 5. The van der Waals surface area contributed by atoms with Crippen molar-refractivity contribution in [2.24, 2.45) is 0 Å². The predicted molar refractivity (Wildman–Crippen MR) is 222 cm³/mol. The molecule has 0 N–H and O–H groups in total. The molecule has 10 rings (SSSR count). The molecule has 5 aliphatic rings. The fourth-order valence-corrected chi connectivity index (χ4v) is 9.81. The van der Waals surface area contributed by atoms with Crippen molar-refractivity contribution in [3.05, 3.63) is 214 Å². The van der Waals surface area contributed by atoms with Crippen LogP contribution in [0.4, 0.5) is 17.1 Å². The maximum Gasteiger partial charge on any atom is 0.0690 e. The first-order valence-electron chi connectivity index (χ1n) is 19.3. The van der Waals surface area contributed by atoms with Gasteiger partial charge in [-0.05, 0) is 145 Å². The van der Waals surface area contributed by atoms with Gasteiger partial charge >= 0.3 is 0 Å². The average molecular weight is 685 g/mol. The Kier molecular flexibility index (Phi) is 7.61. The summed E-state index contributed by atoms with van der Waals surface area (Å²) < 4.78 is 0. The highest BCUT2D eigenvalue weighted by atomic mass is 15.2. The number of rotatable bonds is 6. The van der Waals surface area contributed by atoms with Gasteiger partial charge in [-0.2, -0.15) is 0 Å². The molecule has 1 atom stereocenters. The van der Waals surface area contributed by atoms with Gasteiger partial charge in [0.2, 0.25) is 0 Å². The van der Waals surface area contributed by atoms with E-state index in [1.54, 1.807) is 0 Å². The van der Waals surface area contributed by atoms with Crippen LogP contribution in [0, 0.1) is 6.92 Å². The Morgan fingerprint density at radius 2 is 1.32 bits per heavy atom. The molecule has 0 aliphatic heterocycles. The summed E-state index contributed by atoms with van der Waals surface area (Å²) in [5.74, 6) is 0. The third kappa shape index (κ3) is 5.00. The van der Waals surface area contributed by atoms with Crippen LogP contribution in [-0.4, -0.2) is 6.04 Å². The topological polar surface area (TPSA) is 6.48 Å². The van der Waals surface area contributed by atoms with Gasteiger partial charge in [0.05, 0.1) is 11.5 Å². The van der Waals surface area contributed by atoms with Gasteiger partial charge in [-0.15, -0.1) is 0 Å². The predicted octanol–water partition coefficient (Wildman–Crippen LogP) is 12.9. The molecule has 5 aliphatic carbocycles. The SMILES string of the molecule is CC1=CC(N(C2=CCCC=C2)c2ccc3c(c2)C2(C4=C3C=CC(N(c3ccccc3)c3cccc(C)c3)C4)c3ccccc3-c3ccccc32)=CCC1. The van der Waals surface area contributed by atoms with E-state index in [0.29, 0.717) is 0 Å². The van der Waals surface area contributed by atoms with Crippen LogP contribution < -0.4 is 9.80 Å². The molecule has 1 unspecified atom stereocenters. The quantitative estimate of drug-likeness (QED) is 0.176. The van der Waals surface area contributed by atoms with Crippen molar-refractivity contribution in [1.82, 2.24) is 0 Å². The van der Waals surface area contributed by atoms with Crippen molar-refractivity contribution >= 4 is 22.6 Å². The van der Waals surface area contributed by atoms with Crippen LogP contribution in [0.15, 0.2) is 186 Å². The van der Waals surface area contributed by atoms with E-state index >= 15 is 0 Å². The number of aryl methyl sites for hydroxylation is 1. The van der Waals surface area contributed by atoms with E-state index in [4.69, 9.17) is 0 Å². The zero-order valence-corrected chi connectivity index (χ0v) is 30.6. The molecule has 2 nitrogen and oxygen atoms in total. The highest BCUT2D eigenvalue weighted by molar-refractivity contribution is 5.98. The molecule has 258 valence electrons. The molecule has 5 aromatic carbocycles. The van der Waals surface area contributed by atoms with E-state index in [0.717, 1.165) is 32.1 Å². The lowest BCUT2D eigenvalue weighted by Crippen LogP contribution is -2.36. The fraction of sp³-hybridized carbons (Fsp3) is 0.176. The van der Waals surface area contributed by atoms with Gasteiger partial charge in [-0.1, -0.05) is 121 Å². The van der Waals surface area contributed by atoms with E-state index < -0.39 is 5.41 Å². The molecule has 0 radical (unpaired) electrons. The van der Waals surface area contributed by atoms with E-state index in [1.807, 2.05) is 0 Å². The lowest BCUT2D eigenvalue weighted by molar-refractivity contribution is 0.663. The molecule has 0 heterocycles. The summed E-state index contributed by atoms with van der Waals surface area (Å²) in [5, 5.41) is 0. The molecular formula is C51H44N2. The first-order chi connectivity index (χ1) is 26.1. The number of hydrogen-bond acceptors (Lipinski definition) is 2. The van der Waals surface area contributed by atoms with Crippen molar-refractivity contribution in [1.29, 1.82) is 0 Å². The Bertz CT molecular complexity index is 2420. The second-order valence-electron chi connectivity index (χ2n) is 15.2. The van der Waals surface area contributed by atoms with E-state index in [-0.39, 0.29) is 6.04 Å². The third-order valence-corrected chi connectivity index (χ3v) is 12.0. The lowest BCUT2D eigenvalue weighted by Gasteiger charge is -2.39. The summed E-state index contributed by atoms with van der Waals surface area (Å²) in [6.45, 7) is 4.47. The normalized spacial score (nSPS) is 18.8. The molecule has 2 heteroatoms. The Balaban J connectivity index is 1.19. The highest BCUT2D eigenvalue weighted by Crippen LogP contribution is 2.64. The number of nitrogens with zero attached hydrogens (tertiary/aromatic N) is 2. The molecule has 0 saturated heterocycles. The van der Waals surface area contributed by atoms with E-state index in [2.05, 4.69) is 188 Å². The zero-order chi connectivity index (χ0) is 35.5. The summed E-state index contributed by atoms with van der Waals surface area (Å²) in [6.07, 6.45) is 22.1. The van der Waals surface area contributed by atoms with Crippen LogP contribution in [0.1, 0.15) is 66.8 Å². The highest BCUT2D eigenvalue weighted by Gasteiger charge is 2.53. The minimum absolute atomic E-state index is 0.137. The number of hydrogen-bond donors (Lipinski definition) is 0. The second kappa shape index (κ2) is 12.7. The minimum atomic E-state index is -0.402. The van der Waals surface area contributed by atoms with Crippen molar-refractivity contribution in [3.63, 3.8) is 0 Å². The summed E-state index contributed by atoms with van der Waals surface area (Å²) in [6, 6.07) is 45.8. The van der Waals surface area contributed by atoms with Crippen LogP contribution in [0.5, 0.6) is 0 Å². The number of para-hydroxylation sites is 1. The van der Waals surface area contributed by atoms with Crippen LogP contribution in [0.3, 0.4) is 0 Å². The smallest absolute Gasteiger partial charge is 0.0690 e. The minimum Gasteiger partial charge on any atom is -0.334 e. The Hall–Kier alpha value is -5.86. The van der Waals surface area contributed by atoms with Crippen LogP contribution in [0.25, 0.3) is 16.7 Å². The number of anilines is 3. The van der Waals surface area contributed by atoms with Gasteiger partial charge in [0, 0.05) is 28.5 Å². The van der Waals surface area contributed by atoms with Gasteiger partial charge in [-0.25, -0.2) is 0 Å². The van der Waals surface area contributed by atoms with Gasteiger partial charge < -0.3 is 9.80 Å². The summed E-state index contributed by atoms with van der Waals surface area (Å²) in [7, 11) is 0. The van der Waals surface area contributed by atoms with Crippen LogP contribution >= 0.6 is 0 Å². The van der Waals surface area contributed by atoms with Crippen LogP contribution in [0.2, 0.25) is 0 Å². The summed E-state index contributed by atoms with van der Waals surface area (Å²) in [4.78, 5) is 5.07. The standard InChI is InChI=1S/C51H44N2/c1-35-15-13-21-39(31-35)52(37-17-5-3-6-18-37)41-27-29-45-46-30-28-42(53(38-19-7-4-8-20-38)40-22-14-16-36(2)32-40)34-50(46)51(49(45)33-41)47-25-11-9-23-43(47)44-24-10-12-26-48(44)51/h3,5-7,9-13,15,17-32,34,41H,4,8,14,16,33H2,1-2H3. The zero-order valence-electron chi connectivity index (χ0n) is 30.6. The maximum atomic E-state index is 2.55. The van der Waals surface area contributed by atoms with Crippen LogP contribution in [-0.2, 0) is 5.41 Å². The molecule has 5 aromatic rings. The molecule has 0 aromatic heterocycles. The Morgan fingerprint density at radius 1 is 0.585 bits per heavy atom. The number of allylic oxidation sites excluding steroid dienone is 8. The van der Waals surface area contributed by atoms with Gasteiger partial charge in [0.15, 0.2) is 0 Å². The lowest BCUT2D eigenvalue weighted by atomic mass is 9.67. The van der Waals surface area contributed by atoms with Gasteiger partial charge in [0.25, 0.3) is 0 Å². The van der Waals surface area contributed by atoms with Gasteiger partial charge in [0.1, 0.15) is 0 Å². The van der Waals surface area contributed by atoms with Crippen molar-refractivity contribution in [2.45, 2.75) is 57.4 Å². The maximum absolute atomic E-state index is 2.55. The average Bonchev–Trinajstić information content (AvgIpc) is 3.66. The van der Waals surface area contributed by atoms with Crippen molar-refractivity contribution in [2.75, 3.05) is 9.80 Å². The molecular weight excluding hydrogens is 641 g/mol. The first kappa shape index (κ1) is 31.8. The monoisotopic (exact) mass is 684 g/mol. The molecule has 0 amide bonds. The molecule has 0 saturated carbocycles. The molecule has 53 heavy (non-hydrogen) atoms. The first-order valence-corrected chi connectivity index (χ1v) is 19.3.